The van der Waals surface area contributed by atoms with Crippen LogP contribution < -0.4 is 10.6 Å². The van der Waals surface area contributed by atoms with Gasteiger partial charge in [0.2, 0.25) is 17.7 Å². The van der Waals surface area contributed by atoms with Crippen LogP contribution in [0.4, 0.5) is 0 Å². The summed E-state index contributed by atoms with van der Waals surface area (Å²) in [5.41, 5.74) is 0. The number of carbonyl (C=O) groups is 3. The van der Waals surface area contributed by atoms with Crippen LogP contribution in [-0.2, 0) is 14.4 Å². The lowest BCUT2D eigenvalue weighted by molar-refractivity contribution is -0.962. The van der Waals surface area contributed by atoms with Gasteiger partial charge in [0.1, 0.15) is 6.04 Å². The van der Waals surface area contributed by atoms with Crippen molar-refractivity contribution in [1.29, 1.82) is 0 Å². The van der Waals surface area contributed by atoms with Crippen molar-refractivity contribution < 1.29 is 18.9 Å². The van der Waals surface area contributed by atoms with Crippen molar-refractivity contribution in [2.75, 3.05) is 19.6 Å². The summed E-state index contributed by atoms with van der Waals surface area (Å²) in [6.45, 7) is 7.93. The van der Waals surface area contributed by atoms with Gasteiger partial charge in [-0.1, -0.05) is 20.3 Å². The molecule has 2 N–H and O–H groups in total. The van der Waals surface area contributed by atoms with E-state index < -0.39 is 6.04 Å². The quantitative estimate of drug-likeness (QED) is 0.583. The molecule has 0 bridgehead atoms. The lowest BCUT2D eigenvalue weighted by Gasteiger charge is -2.52. The van der Waals surface area contributed by atoms with Crippen molar-refractivity contribution in [2.45, 2.75) is 83.7 Å². The van der Waals surface area contributed by atoms with Crippen LogP contribution in [0.25, 0.3) is 0 Å². The van der Waals surface area contributed by atoms with E-state index in [2.05, 4.69) is 24.5 Å². The maximum absolute atomic E-state index is 13.0. The fraction of sp³-hybridized carbons (Fsp3) is 0.857. The van der Waals surface area contributed by atoms with Gasteiger partial charge in [-0.3, -0.25) is 19.7 Å². The smallest absolute Gasteiger partial charge is 0.249 e. The molecule has 0 aromatic heterocycles. The highest BCUT2D eigenvalue weighted by atomic mass is 16.2. The van der Waals surface area contributed by atoms with Crippen LogP contribution in [0.2, 0.25) is 0 Å². The summed E-state index contributed by atoms with van der Waals surface area (Å²) < 4.78 is 1.09. The van der Waals surface area contributed by atoms with Crippen molar-refractivity contribution in [2.24, 2.45) is 11.8 Å². The van der Waals surface area contributed by atoms with Gasteiger partial charge in [0.25, 0.3) is 0 Å². The number of amides is 3. The zero-order valence-corrected chi connectivity index (χ0v) is 17.0. The minimum absolute atomic E-state index is 0.00580. The van der Waals surface area contributed by atoms with E-state index in [-0.39, 0.29) is 23.6 Å². The standard InChI is InChI=1S/C21H35N3O3/c1-15(2)18-10-8-16(14-24(18)12-6-4-3-5-7-13-24)20(26)22-17-9-11-19(25)23-21(17)27/h15-18H,3-14H2,1-2H3,(H-,22,23,25,26,27)/p+1. The first-order chi connectivity index (χ1) is 12.9. The molecule has 0 radical (unpaired) electrons. The third-order valence-corrected chi connectivity index (χ3v) is 7.00. The van der Waals surface area contributed by atoms with Crippen molar-refractivity contribution in [3.63, 3.8) is 0 Å². The summed E-state index contributed by atoms with van der Waals surface area (Å²) in [6.07, 6.45) is 9.17. The zero-order valence-electron chi connectivity index (χ0n) is 17.0. The number of hydrogen-bond acceptors (Lipinski definition) is 3. The minimum Gasteiger partial charge on any atom is -0.344 e. The van der Waals surface area contributed by atoms with E-state index in [4.69, 9.17) is 0 Å². The predicted octanol–water partition coefficient (Wildman–Crippen LogP) is 2.12. The Morgan fingerprint density at radius 3 is 2.33 bits per heavy atom. The molecule has 6 nitrogen and oxygen atoms in total. The van der Waals surface area contributed by atoms with E-state index >= 15 is 0 Å². The van der Waals surface area contributed by atoms with Crippen LogP contribution in [0.15, 0.2) is 0 Å². The fourth-order valence-corrected chi connectivity index (χ4v) is 5.62. The Morgan fingerprint density at radius 1 is 1.04 bits per heavy atom. The molecule has 3 rings (SSSR count). The van der Waals surface area contributed by atoms with Crippen molar-refractivity contribution >= 4 is 17.7 Å². The molecule has 0 saturated carbocycles. The summed E-state index contributed by atoms with van der Waals surface area (Å²) >= 11 is 0. The van der Waals surface area contributed by atoms with Crippen LogP contribution in [0.5, 0.6) is 0 Å². The summed E-state index contributed by atoms with van der Waals surface area (Å²) in [6, 6.07) is 0.0848. The largest absolute Gasteiger partial charge is 0.344 e. The Labute approximate surface area is 163 Å². The third-order valence-electron chi connectivity index (χ3n) is 7.00. The van der Waals surface area contributed by atoms with E-state index in [0.717, 1.165) is 23.9 Å². The van der Waals surface area contributed by atoms with Gasteiger partial charge in [0.05, 0.1) is 31.6 Å². The molecule has 152 valence electrons. The summed E-state index contributed by atoms with van der Waals surface area (Å²) in [7, 11) is 0. The molecule has 3 heterocycles. The Hall–Kier alpha value is -1.43. The van der Waals surface area contributed by atoms with Gasteiger partial charge in [0.15, 0.2) is 0 Å². The number of nitrogens with one attached hydrogen (secondary N) is 2. The van der Waals surface area contributed by atoms with Crippen LogP contribution in [0.3, 0.4) is 0 Å². The Morgan fingerprint density at radius 2 is 1.70 bits per heavy atom. The van der Waals surface area contributed by atoms with E-state index in [1.54, 1.807) is 0 Å². The summed E-state index contributed by atoms with van der Waals surface area (Å²) in [5, 5.41) is 5.27. The molecule has 0 aromatic rings. The zero-order chi connectivity index (χ0) is 19.4. The van der Waals surface area contributed by atoms with Crippen LogP contribution in [0.1, 0.15) is 71.6 Å². The first-order valence-corrected chi connectivity index (χ1v) is 10.9. The predicted molar refractivity (Wildman–Crippen MR) is 104 cm³/mol. The monoisotopic (exact) mass is 378 g/mol. The SMILES string of the molecule is CC(C)C1CCC(C(=O)NC2CCC(=O)NC2=O)C[N+]12CCCCCCC2. The van der Waals surface area contributed by atoms with Crippen molar-refractivity contribution in [3.8, 4) is 0 Å². The molecule has 1 spiro atoms. The lowest BCUT2D eigenvalue weighted by atomic mass is 9.82. The molecule has 0 aliphatic carbocycles. The van der Waals surface area contributed by atoms with Gasteiger partial charge in [-0.25, -0.2) is 0 Å². The highest BCUT2D eigenvalue weighted by Gasteiger charge is 2.46. The second-order valence-corrected chi connectivity index (χ2v) is 9.21. The normalized spacial score (nSPS) is 31.9. The van der Waals surface area contributed by atoms with Crippen LogP contribution in [0, 0.1) is 11.8 Å². The molecular formula is C21H36N3O3+. The fourth-order valence-electron chi connectivity index (χ4n) is 5.62. The average Bonchev–Trinajstić information content (AvgIpc) is 2.60. The average molecular weight is 379 g/mol. The van der Waals surface area contributed by atoms with Gasteiger partial charge in [0, 0.05) is 18.8 Å². The lowest BCUT2D eigenvalue weighted by Crippen LogP contribution is -2.65. The van der Waals surface area contributed by atoms with E-state index in [1.807, 2.05) is 0 Å². The molecule has 3 aliphatic rings. The number of hydrogen-bond donors (Lipinski definition) is 2. The topological polar surface area (TPSA) is 75.3 Å². The Bertz CT molecular complexity index is 567. The third kappa shape index (κ3) is 4.71. The summed E-state index contributed by atoms with van der Waals surface area (Å²) in [5.74, 6) is 0.0124. The second-order valence-electron chi connectivity index (χ2n) is 9.21. The van der Waals surface area contributed by atoms with Gasteiger partial charge in [-0.2, -0.15) is 0 Å². The molecule has 6 heteroatoms. The van der Waals surface area contributed by atoms with E-state index in [0.29, 0.717) is 24.8 Å². The number of piperidine rings is 2. The van der Waals surface area contributed by atoms with Gasteiger partial charge in [-0.05, 0) is 38.5 Å². The molecule has 3 aliphatic heterocycles. The maximum atomic E-state index is 13.0. The molecule has 3 atom stereocenters. The molecule has 3 saturated heterocycles. The first kappa shape index (κ1) is 20.3. The Balaban J connectivity index is 1.68. The molecule has 3 fully saturated rings. The number of imide groups is 1. The second kappa shape index (κ2) is 8.72. The maximum Gasteiger partial charge on any atom is 0.249 e. The number of quaternary nitrogens is 1. The van der Waals surface area contributed by atoms with Crippen molar-refractivity contribution in [1.82, 2.24) is 10.6 Å². The summed E-state index contributed by atoms with van der Waals surface area (Å²) in [4.78, 5) is 36.3. The molecule has 3 amide bonds. The van der Waals surface area contributed by atoms with Gasteiger partial charge < -0.3 is 9.80 Å². The molecule has 3 unspecified atom stereocenters. The Kier molecular flexibility index (Phi) is 6.56. The number of rotatable bonds is 3. The number of carbonyl (C=O) groups excluding carboxylic acids is 3. The minimum atomic E-state index is -0.557. The van der Waals surface area contributed by atoms with E-state index in [9.17, 15) is 14.4 Å². The molecule has 27 heavy (non-hydrogen) atoms. The van der Waals surface area contributed by atoms with Crippen molar-refractivity contribution in [3.05, 3.63) is 0 Å². The highest BCUT2D eigenvalue weighted by Crippen LogP contribution is 2.36. The molecule has 0 aromatic carbocycles. The number of nitrogens with zero attached hydrogens (tertiary/aromatic N) is 1. The van der Waals surface area contributed by atoms with Crippen LogP contribution in [-0.4, -0.2) is 53.9 Å². The van der Waals surface area contributed by atoms with Crippen LogP contribution >= 0.6 is 0 Å². The molecular weight excluding hydrogens is 342 g/mol. The highest BCUT2D eigenvalue weighted by molar-refractivity contribution is 6.01. The van der Waals surface area contributed by atoms with Gasteiger partial charge >= 0.3 is 0 Å². The van der Waals surface area contributed by atoms with E-state index in [1.165, 1.54) is 45.2 Å². The first-order valence-electron chi connectivity index (χ1n) is 10.9. The van der Waals surface area contributed by atoms with Gasteiger partial charge in [-0.15, -0.1) is 0 Å².